The number of aromatic nitrogens is 1. The number of carboxylic acids is 1. The molecule has 0 radical (unpaired) electrons. The van der Waals surface area contributed by atoms with Gasteiger partial charge >= 0.3 is 18.3 Å². The number of piperidine rings is 1. The molecule has 14 heteroatoms. The van der Waals surface area contributed by atoms with E-state index < -0.39 is 24.1 Å². The number of oxazole rings is 1. The van der Waals surface area contributed by atoms with Crippen LogP contribution >= 0.6 is 11.6 Å². The molecule has 2 saturated heterocycles. The number of hydrogen-bond acceptors (Lipinski definition) is 6. The van der Waals surface area contributed by atoms with Crippen molar-refractivity contribution in [3.63, 3.8) is 0 Å². The van der Waals surface area contributed by atoms with E-state index in [-0.39, 0.29) is 18.2 Å². The third-order valence-corrected chi connectivity index (χ3v) is 6.37. The fourth-order valence-corrected chi connectivity index (χ4v) is 4.44. The number of morpholine rings is 1. The molecule has 1 aromatic carbocycles. The zero-order valence-corrected chi connectivity index (χ0v) is 20.5. The number of aliphatic carboxylic acids is 1. The van der Waals surface area contributed by atoms with Crippen LogP contribution in [0.25, 0.3) is 0 Å². The van der Waals surface area contributed by atoms with Crippen molar-refractivity contribution in [1.82, 2.24) is 9.88 Å². The van der Waals surface area contributed by atoms with Crippen molar-refractivity contribution in [2.75, 3.05) is 31.1 Å². The highest BCUT2D eigenvalue weighted by Crippen LogP contribution is 2.33. The summed E-state index contributed by atoms with van der Waals surface area (Å²) in [6.45, 7) is 4.81. The normalized spacial score (nSPS) is 21.9. The first kappa shape index (κ1) is 29.1. The number of rotatable bonds is 4. The predicted molar refractivity (Wildman–Crippen MR) is 121 cm³/mol. The first-order chi connectivity index (χ1) is 17.2. The van der Waals surface area contributed by atoms with Crippen LogP contribution in [0.2, 0.25) is 5.02 Å². The Morgan fingerprint density at radius 3 is 2.24 bits per heavy atom. The molecule has 0 amide bonds. The van der Waals surface area contributed by atoms with Gasteiger partial charge in [-0.05, 0) is 43.9 Å². The number of carboxylic acid groups (broad SMARTS) is 1. The van der Waals surface area contributed by atoms with Crippen molar-refractivity contribution in [1.29, 1.82) is 0 Å². The van der Waals surface area contributed by atoms with E-state index in [0.717, 1.165) is 37.0 Å². The predicted octanol–water partition coefficient (Wildman–Crippen LogP) is 5.28. The van der Waals surface area contributed by atoms with Gasteiger partial charge in [0.05, 0.1) is 18.9 Å². The van der Waals surface area contributed by atoms with Crippen LogP contribution < -0.4 is 4.90 Å². The summed E-state index contributed by atoms with van der Waals surface area (Å²) in [4.78, 5) is 17.0. The number of anilines is 1. The molecule has 1 N–H and O–H groups in total. The van der Waals surface area contributed by atoms with Crippen LogP contribution in [0.3, 0.4) is 0 Å². The first-order valence-corrected chi connectivity index (χ1v) is 11.8. The molecule has 0 spiro atoms. The molecule has 2 aromatic rings. The summed E-state index contributed by atoms with van der Waals surface area (Å²) in [5.41, 5.74) is 1.21. The van der Waals surface area contributed by atoms with Crippen LogP contribution in [-0.4, -0.2) is 71.6 Å². The van der Waals surface area contributed by atoms with Gasteiger partial charge in [0.2, 0.25) is 5.76 Å². The standard InChI is InChI=1S/C21H25ClF3N3O2.C2HF3O2/c1-14-12-28(18(13-29-14)10-15-2-4-16(22)5-3-15)17-6-8-27(9-7-17)20-26-11-19(30-20)21(23,24)25;3-2(4,5)1(6)7/h2-5,11,14,17-18H,6-10,12-13H2,1H3;(H,6,7)/t14-,18-;/m0./s1. The van der Waals surface area contributed by atoms with E-state index in [4.69, 9.17) is 30.7 Å². The summed E-state index contributed by atoms with van der Waals surface area (Å²) in [6, 6.07) is 8.55. The van der Waals surface area contributed by atoms with E-state index in [1.165, 1.54) is 5.56 Å². The Labute approximate surface area is 213 Å². The fraction of sp³-hybridized carbons (Fsp3) is 0.565. The molecule has 1 aromatic heterocycles. The molecule has 0 saturated carbocycles. The number of nitrogens with zero attached hydrogens (tertiary/aromatic N) is 3. The molecule has 3 heterocycles. The largest absolute Gasteiger partial charge is 0.490 e. The van der Waals surface area contributed by atoms with Crippen LogP contribution in [-0.2, 0) is 22.1 Å². The Hall–Kier alpha value is -2.51. The summed E-state index contributed by atoms with van der Waals surface area (Å²) in [5.74, 6) is -3.81. The highest BCUT2D eigenvalue weighted by Gasteiger charge is 2.39. The topological polar surface area (TPSA) is 79.0 Å². The van der Waals surface area contributed by atoms with Gasteiger partial charge in [0.1, 0.15) is 0 Å². The lowest BCUT2D eigenvalue weighted by molar-refractivity contribution is -0.192. The van der Waals surface area contributed by atoms with Crippen molar-refractivity contribution in [3.8, 4) is 0 Å². The average molecular weight is 558 g/mol. The second-order valence-corrected chi connectivity index (χ2v) is 9.29. The molecule has 4 rings (SSSR count). The number of ether oxygens (including phenoxy) is 1. The van der Waals surface area contributed by atoms with E-state index in [1.54, 1.807) is 4.90 Å². The lowest BCUT2D eigenvalue weighted by atomic mass is 9.96. The summed E-state index contributed by atoms with van der Waals surface area (Å²) in [6.07, 6.45) is -6.12. The van der Waals surface area contributed by atoms with E-state index in [1.807, 2.05) is 24.3 Å². The number of carbonyl (C=O) groups is 1. The van der Waals surface area contributed by atoms with Crippen molar-refractivity contribution >= 4 is 23.6 Å². The Morgan fingerprint density at radius 1 is 1.14 bits per heavy atom. The van der Waals surface area contributed by atoms with Gasteiger partial charge in [0, 0.05) is 36.7 Å². The summed E-state index contributed by atoms with van der Waals surface area (Å²) >= 11 is 6.00. The molecule has 2 aliphatic heterocycles. The van der Waals surface area contributed by atoms with Crippen molar-refractivity contribution < 1.29 is 45.4 Å². The minimum absolute atomic E-state index is 0.0498. The van der Waals surface area contributed by atoms with E-state index in [2.05, 4.69) is 16.8 Å². The Bertz CT molecular complexity index is 1020. The van der Waals surface area contributed by atoms with Crippen LogP contribution in [0, 0.1) is 0 Å². The van der Waals surface area contributed by atoms with Gasteiger partial charge in [-0.1, -0.05) is 23.7 Å². The Kier molecular flexibility index (Phi) is 9.35. The average Bonchev–Trinajstić information content (AvgIpc) is 3.33. The van der Waals surface area contributed by atoms with Gasteiger partial charge < -0.3 is 19.2 Å². The molecule has 206 valence electrons. The van der Waals surface area contributed by atoms with Crippen molar-refractivity contribution in [3.05, 3.63) is 46.8 Å². The third-order valence-electron chi connectivity index (χ3n) is 6.11. The van der Waals surface area contributed by atoms with Gasteiger partial charge in [0.25, 0.3) is 6.01 Å². The molecular formula is C23H26ClF6N3O4. The number of alkyl halides is 6. The Morgan fingerprint density at radius 2 is 1.73 bits per heavy atom. The lowest BCUT2D eigenvalue weighted by Crippen LogP contribution is -2.56. The minimum atomic E-state index is -5.08. The molecule has 0 bridgehead atoms. The molecule has 2 atom stereocenters. The van der Waals surface area contributed by atoms with E-state index in [9.17, 15) is 26.3 Å². The lowest BCUT2D eigenvalue weighted by Gasteiger charge is -2.46. The quantitative estimate of drug-likeness (QED) is 0.512. The smallest absolute Gasteiger partial charge is 0.475 e. The summed E-state index contributed by atoms with van der Waals surface area (Å²) in [5, 5.41) is 7.84. The summed E-state index contributed by atoms with van der Waals surface area (Å²) in [7, 11) is 0. The molecule has 0 aliphatic carbocycles. The van der Waals surface area contributed by atoms with Gasteiger partial charge in [-0.3, -0.25) is 4.90 Å². The monoisotopic (exact) mass is 557 g/mol. The highest BCUT2D eigenvalue weighted by molar-refractivity contribution is 6.30. The number of hydrogen-bond donors (Lipinski definition) is 1. The molecule has 2 fully saturated rings. The molecular weight excluding hydrogens is 532 g/mol. The van der Waals surface area contributed by atoms with Crippen molar-refractivity contribution in [2.24, 2.45) is 0 Å². The number of benzene rings is 1. The Balaban J connectivity index is 0.000000479. The maximum absolute atomic E-state index is 12.8. The second-order valence-electron chi connectivity index (χ2n) is 8.85. The highest BCUT2D eigenvalue weighted by atomic mass is 35.5. The van der Waals surface area contributed by atoms with Crippen LogP contribution in [0.15, 0.2) is 34.9 Å². The zero-order valence-electron chi connectivity index (χ0n) is 19.7. The van der Waals surface area contributed by atoms with Crippen LogP contribution in [0.1, 0.15) is 31.1 Å². The van der Waals surface area contributed by atoms with E-state index in [0.29, 0.717) is 25.7 Å². The molecule has 2 aliphatic rings. The van der Waals surface area contributed by atoms with Crippen LogP contribution in [0.4, 0.5) is 32.4 Å². The molecule has 0 unspecified atom stereocenters. The second kappa shape index (κ2) is 11.9. The maximum Gasteiger partial charge on any atom is 0.490 e. The van der Waals surface area contributed by atoms with Crippen molar-refractivity contribution in [2.45, 2.75) is 56.7 Å². The maximum atomic E-state index is 12.8. The minimum Gasteiger partial charge on any atom is -0.475 e. The molecule has 7 nitrogen and oxygen atoms in total. The van der Waals surface area contributed by atoms with Crippen LogP contribution in [0.5, 0.6) is 0 Å². The third kappa shape index (κ3) is 8.24. The zero-order chi connectivity index (χ0) is 27.4. The molecule has 37 heavy (non-hydrogen) atoms. The number of halogens is 7. The first-order valence-electron chi connectivity index (χ1n) is 11.4. The van der Waals surface area contributed by atoms with Gasteiger partial charge in [-0.15, -0.1) is 0 Å². The van der Waals surface area contributed by atoms with Gasteiger partial charge in [0.15, 0.2) is 0 Å². The van der Waals surface area contributed by atoms with Gasteiger partial charge in [-0.2, -0.15) is 26.3 Å². The summed E-state index contributed by atoms with van der Waals surface area (Å²) < 4.78 is 80.9. The van der Waals surface area contributed by atoms with E-state index >= 15 is 0 Å². The SMILES string of the molecule is C[C@H]1CN(C2CCN(c3ncc(C(F)(F)F)o3)CC2)[C@@H](Cc2ccc(Cl)cc2)CO1.O=C(O)C(F)(F)F. The van der Waals surface area contributed by atoms with Gasteiger partial charge in [-0.25, -0.2) is 9.78 Å². The fourth-order valence-electron chi connectivity index (χ4n) is 4.32.